The summed E-state index contributed by atoms with van der Waals surface area (Å²) in [6, 6.07) is 8.24. The number of aromatic hydroxyl groups is 1. The Kier molecular flexibility index (Phi) is 5.69. The molecular formula is C25H29N7O2. The van der Waals surface area contributed by atoms with E-state index in [1.54, 1.807) is 6.92 Å². The van der Waals surface area contributed by atoms with Gasteiger partial charge in [0, 0.05) is 69.7 Å². The molecule has 1 amide bonds. The van der Waals surface area contributed by atoms with Crippen LogP contribution in [0, 0.1) is 0 Å². The van der Waals surface area contributed by atoms with Crippen LogP contribution in [0.2, 0.25) is 0 Å². The number of anilines is 2. The lowest BCUT2D eigenvalue weighted by atomic mass is 10.1. The molecule has 1 saturated heterocycles. The number of carbonyl (C=O) groups excluding carboxylic acids is 1. The zero-order chi connectivity index (χ0) is 23.8. The average Bonchev–Trinajstić information content (AvgIpc) is 3.19. The maximum atomic E-state index is 11.7. The predicted molar refractivity (Wildman–Crippen MR) is 133 cm³/mol. The summed E-state index contributed by atoms with van der Waals surface area (Å²) in [6.45, 7) is 8.69. The lowest BCUT2D eigenvalue weighted by Crippen LogP contribution is -2.48. The molecule has 34 heavy (non-hydrogen) atoms. The van der Waals surface area contributed by atoms with Crippen LogP contribution in [0.5, 0.6) is 5.88 Å². The van der Waals surface area contributed by atoms with Gasteiger partial charge in [0.25, 0.3) is 0 Å². The van der Waals surface area contributed by atoms with Gasteiger partial charge in [-0.15, -0.1) is 0 Å². The Labute approximate surface area is 198 Å². The van der Waals surface area contributed by atoms with E-state index in [9.17, 15) is 9.90 Å². The van der Waals surface area contributed by atoms with Gasteiger partial charge in [-0.2, -0.15) is 4.98 Å². The Balaban J connectivity index is 1.51. The van der Waals surface area contributed by atoms with E-state index in [1.165, 1.54) is 0 Å². The number of pyridine rings is 1. The number of rotatable bonds is 5. The van der Waals surface area contributed by atoms with E-state index < -0.39 is 0 Å². The molecule has 0 bridgehead atoms. The second-order valence-electron chi connectivity index (χ2n) is 8.95. The molecule has 1 aliphatic heterocycles. The van der Waals surface area contributed by atoms with Crippen LogP contribution in [0.25, 0.3) is 21.7 Å². The fourth-order valence-electron chi connectivity index (χ4n) is 4.46. The van der Waals surface area contributed by atoms with Crippen molar-refractivity contribution in [3.8, 4) is 5.88 Å². The molecule has 1 aromatic carbocycles. The van der Waals surface area contributed by atoms with Gasteiger partial charge in [0.1, 0.15) is 11.3 Å². The number of fused-ring (bicyclic) bond motifs is 2. The fourth-order valence-corrected chi connectivity index (χ4v) is 4.46. The minimum absolute atomic E-state index is 0.0758. The van der Waals surface area contributed by atoms with Crippen molar-refractivity contribution in [2.45, 2.75) is 33.4 Å². The molecule has 5 rings (SSSR count). The Morgan fingerprint density at radius 2 is 1.85 bits per heavy atom. The highest BCUT2D eigenvalue weighted by molar-refractivity contribution is 5.94. The zero-order valence-electron chi connectivity index (χ0n) is 19.7. The topological polar surface area (TPSA) is 99.4 Å². The van der Waals surface area contributed by atoms with Crippen molar-refractivity contribution in [1.29, 1.82) is 0 Å². The first-order chi connectivity index (χ1) is 16.4. The maximum Gasteiger partial charge on any atom is 0.228 e. The summed E-state index contributed by atoms with van der Waals surface area (Å²) in [5.41, 5.74) is 1.58. The molecule has 1 fully saturated rings. The van der Waals surface area contributed by atoms with E-state index in [2.05, 4.69) is 21.3 Å². The number of piperazine rings is 1. The quantitative estimate of drug-likeness (QED) is 0.471. The zero-order valence-corrected chi connectivity index (χ0v) is 19.7. The Hall–Kier alpha value is -3.88. The van der Waals surface area contributed by atoms with Crippen LogP contribution in [0.4, 0.5) is 11.8 Å². The van der Waals surface area contributed by atoms with Crippen LogP contribution in [0.1, 0.15) is 32.4 Å². The van der Waals surface area contributed by atoms with Gasteiger partial charge >= 0.3 is 0 Å². The van der Waals surface area contributed by atoms with Crippen LogP contribution in [0.15, 0.2) is 42.9 Å². The fraction of sp³-hybridized carbons (Fsp3) is 0.360. The van der Waals surface area contributed by atoms with Gasteiger partial charge in [-0.05, 0) is 24.8 Å². The third-order valence-corrected chi connectivity index (χ3v) is 6.42. The van der Waals surface area contributed by atoms with Crippen LogP contribution in [-0.4, -0.2) is 61.6 Å². The summed E-state index contributed by atoms with van der Waals surface area (Å²) in [7, 11) is 0. The van der Waals surface area contributed by atoms with E-state index in [0.29, 0.717) is 50.0 Å². The summed E-state index contributed by atoms with van der Waals surface area (Å²) in [4.78, 5) is 29.6. The molecule has 2 N–H and O–H groups in total. The predicted octanol–water partition coefficient (Wildman–Crippen LogP) is 3.55. The highest BCUT2D eigenvalue weighted by Gasteiger charge is 2.24. The number of aromatic nitrogens is 4. The Bertz CT molecular complexity index is 1350. The van der Waals surface area contributed by atoms with Gasteiger partial charge < -0.3 is 24.8 Å². The number of amides is 1. The van der Waals surface area contributed by atoms with E-state index >= 15 is 0 Å². The third-order valence-electron chi connectivity index (χ3n) is 6.42. The summed E-state index contributed by atoms with van der Waals surface area (Å²) in [5, 5.41) is 17.4. The van der Waals surface area contributed by atoms with E-state index in [1.807, 2.05) is 60.1 Å². The largest absolute Gasteiger partial charge is 0.493 e. The molecule has 4 heterocycles. The molecule has 0 radical (unpaired) electrons. The minimum Gasteiger partial charge on any atom is -0.493 e. The molecule has 9 nitrogen and oxygen atoms in total. The van der Waals surface area contributed by atoms with Crippen molar-refractivity contribution in [2.24, 2.45) is 0 Å². The van der Waals surface area contributed by atoms with Crippen molar-refractivity contribution < 1.29 is 9.90 Å². The molecule has 1 aliphatic rings. The van der Waals surface area contributed by atoms with Gasteiger partial charge in [0.15, 0.2) is 0 Å². The van der Waals surface area contributed by atoms with E-state index in [0.717, 1.165) is 21.7 Å². The summed E-state index contributed by atoms with van der Waals surface area (Å²) >= 11 is 0. The Morgan fingerprint density at radius 1 is 1.09 bits per heavy atom. The number of carbonyl (C=O) groups is 1. The van der Waals surface area contributed by atoms with Crippen LogP contribution < -0.4 is 10.2 Å². The molecule has 0 unspecified atom stereocenters. The normalized spacial score (nSPS) is 14.4. The summed E-state index contributed by atoms with van der Waals surface area (Å²) < 4.78 is 1.81. The summed E-state index contributed by atoms with van der Waals surface area (Å²) in [6.07, 6.45) is 5.63. The molecule has 176 valence electrons. The molecule has 9 heteroatoms. The number of nitrogens with one attached hydrogen (secondary N) is 1. The molecule has 0 atom stereocenters. The first kappa shape index (κ1) is 21.9. The molecule has 0 saturated carbocycles. The highest BCUT2D eigenvalue weighted by Crippen LogP contribution is 2.34. The third kappa shape index (κ3) is 3.98. The first-order valence-corrected chi connectivity index (χ1v) is 11.6. The van der Waals surface area contributed by atoms with Crippen molar-refractivity contribution in [1.82, 2.24) is 24.4 Å². The van der Waals surface area contributed by atoms with Crippen LogP contribution in [-0.2, 0) is 11.3 Å². The van der Waals surface area contributed by atoms with Crippen molar-refractivity contribution in [3.63, 3.8) is 0 Å². The number of hydrogen-bond acceptors (Lipinski definition) is 7. The smallest absolute Gasteiger partial charge is 0.228 e. The average molecular weight is 460 g/mol. The standard InChI is InChI=1S/C25H29N7O2/c1-16(2)32-15-21-22(24(32)34)28-25(31-10-8-30(9-11-31)17(3)33)29-23(21)27-14-19-13-26-12-18-6-4-5-7-20(18)19/h4-7,12-13,15-16,34H,8-11,14H2,1-3H3,(H,27,28,29). The van der Waals surface area contributed by atoms with Gasteiger partial charge in [-0.1, -0.05) is 24.3 Å². The van der Waals surface area contributed by atoms with Gasteiger partial charge in [0.05, 0.1) is 5.39 Å². The molecule has 0 aliphatic carbocycles. The van der Waals surface area contributed by atoms with Crippen molar-refractivity contribution >= 4 is 39.3 Å². The molecule has 4 aromatic rings. The molecular weight excluding hydrogens is 430 g/mol. The van der Waals surface area contributed by atoms with E-state index in [-0.39, 0.29) is 17.8 Å². The van der Waals surface area contributed by atoms with E-state index in [4.69, 9.17) is 9.97 Å². The lowest BCUT2D eigenvalue weighted by Gasteiger charge is -2.34. The van der Waals surface area contributed by atoms with Crippen molar-refractivity contribution in [3.05, 3.63) is 48.4 Å². The van der Waals surface area contributed by atoms with Crippen molar-refractivity contribution in [2.75, 3.05) is 36.4 Å². The van der Waals surface area contributed by atoms with Gasteiger partial charge in [-0.25, -0.2) is 4.98 Å². The SMILES string of the molecule is CC(=O)N1CCN(c2nc(NCc3cncc4ccccc34)c3cn(C(C)C)c(O)c3n2)CC1. The Morgan fingerprint density at radius 3 is 2.59 bits per heavy atom. The number of benzene rings is 1. The maximum absolute atomic E-state index is 11.7. The second-order valence-corrected chi connectivity index (χ2v) is 8.95. The van der Waals surface area contributed by atoms with Gasteiger partial charge in [0.2, 0.25) is 17.7 Å². The molecule has 3 aromatic heterocycles. The second kappa shape index (κ2) is 8.81. The van der Waals surface area contributed by atoms with Crippen LogP contribution in [0.3, 0.4) is 0 Å². The van der Waals surface area contributed by atoms with Gasteiger partial charge in [-0.3, -0.25) is 9.78 Å². The summed E-state index contributed by atoms with van der Waals surface area (Å²) in [5.74, 6) is 1.42. The number of nitrogens with zero attached hydrogens (tertiary/aromatic N) is 6. The lowest BCUT2D eigenvalue weighted by molar-refractivity contribution is -0.129. The van der Waals surface area contributed by atoms with Crippen LogP contribution >= 0.6 is 0 Å². The monoisotopic (exact) mass is 459 g/mol. The minimum atomic E-state index is 0.0758. The first-order valence-electron chi connectivity index (χ1n) is 11.6. The highest BCUT2D eigenvalue weighted by atomic mass is 16.3. The number of hydrogen-bond donors (Lipinski definition) is 2. The molecule has 0 spiro atoms.